The van der Waals surface area contributed by atoms with E-state index in [4.69, 9.17) is 0 Å². The van der Waals surface area contributed by atoms with Crippen molar-refractivity contribution in [2.45, 2.75) is 34.1 Å². The highest BCUT2D eigenvalue weighted by Crippen LogP contribution is 2.22. The molecule has 0 fully saturated rings. The van der Waals surface area contributed by atoms with Gasteiger partial charge in [-0.2, -0.15) is 5.10 Å². The first kappa shape index (κ1) is 20.1. The third kappa shape index (κ3) is 5.66. The minimum Gasteiger partial charge on any atom is -0.325 e. The second-order valence-electron chi connectivity index (χ2n) is 6.30. The van der Waals surface area contributed by atoms with Crippen LogP contribution in [0.15, 0.2) is 41.5 Å². The number of aryl methyl sites for hydroxylation is 3. The number of hydrogen-bond acceptors (Lipinski definition) is 3. The van der Waals surface area contributed by atoms with Gasteiger partial charge in [0, 0.05) is 20.5 Å². The number of halogens is 1. The fraction of sp³-hybridized carbons (Fsp3) is 0.250. The molecule has 0 saturated heterocycles. The van der Waals surface area contributed by atoms with Gasteiger partial charge in [-0.25, -0.2) is 5.43 Å². The van der Waals surface area contributed by atoms with Gasteiger partial charge in [0.05, 0.1) is 6.42 Å². The average molecular weight is 463 g/mol. The van der Waals surface area contributed by atoms with E-state index in [1.807, 2.05) is 45.0 Å². The van der Waals surface area contributed by atoms with Crippen molar-refractivity contribution in [3.8, 4) is 0 Å². The SMILES string of the molecule is CC(CC(=O)Nc1c(C)cc(C)cc1C)=NNC(=O)c1cccc(I)c1. The second kappa shape index (κ2) is 8.93. The highest BCUT2D eigenvalue weighted by atomic mass is 127. The van der Waals surface area contributed by atoms with Gasteiger partial charge >= 0.3 is 0 Å². The fourth-order valence-corrected chi connectivity index (χ4v) is 3.22. The topological polar surface area (TPSA) is 70.6 Å². The number of amides is 2. The van der Waals surface area contributed by atoms with Gasteiger partial charge in [0.2, 0.25) is 5.91 Å². The Balaban J connectivity index is 1.96. The second-order valence-corrected chi connectivity index (χ2v) is 7.54. The summed E-state index contributed by atoms with van der Waals surface area (Å²) in [6, 6.07) is 11.3. The molecule has 0 saturated carbocycles. The Morgan fingerprint density at radius 1 is 1.08 bits per heavy atom. The van der Waals surface area contributed by atoms with Crippen LogP contribution in [-0.4, -0.2) is 17.5 Å². The summed E-state index contributed by atoms with van der Waals surface area (Å²) in [4.78, 5) is 24.3. The Morgan fingerprint density at radius 3 is 2.35 bits per heavy atom. The van der Waals surface area contributed by atoms with E-state index in [1.165, 1.54) is 0 Å². The highest BCUT2D eigenvalue weighted by molar-refractivity contribution is 14.1. The smallest absolute Gasteiger partial charge is 0.271 e. The van der Waals surface area contributed by atoms with E-state index in [0.717, 1.165) is 25.9 Å². The molecule has 2 amide bonds. The van der Waals surface area contributed by atoms with Crippen LogP contribution in [0.1, 0.15) is 40.4 Å². The zero-order chi connectivity index (χ0) is 19.3. The molecule has 2 aromatic rings. The van der Waals surface area contributed by atoms with Crippen LogP contribution >= 0.6 is 22.6 Å². The summed E-state index contributed by atoms with van der Waals surface area (Å²) in [6.45, 7) is 7.68. The van der Waals surface area contributed by atoms with Crippen LogP contribution in [0.25, 0.3) is 0 Å². The molecule has 0 aliphatic rings. The van der Waals surface area contributed by atoms with Crippen molar-refractivity contribution in [2.24, 2.45) is 5.10 Å². The van der Waals surface area contributed by atoms with Crippen LogP contribution in [-0.2, 0) is 4.79 Å². The number of hydrazone groups is 1. The van der Waals surface area contributed by atoms with Crippen molar-refractivity contribution in [3.05, 3.63) is 62.2 Å². The third-order valence-corrected chi connectivity index (χ3v) is 4.46. The lowest BCUT2D eigenvalue weighted by Crippen LogP contribution is -2.22. The zero-order valence-corrected chi connectivity index (χ0v) is 17.5. The molecule has 2 aromatic carbocycles. The third-order valence-electron chi connectivity index (χ3n) is 3.79. The molecule has 0 aromatic heterocycles. The lowest BCUT2D eigenvalue weighted by Gasteiger charge is -2.12. The predicted octanol–water partition coefficient (Wildman–Crippen LogP) is 4.35. The maximum atomic E-state index is 12.3. The highest BCUT2D eigenvalue weighted by Gasteiger charge is 2.10. The molecule has 5 nitrogen and oxygen atoms in total. The maximum absolute atomic E-state index is 12.3. The largest absolute Gasteiger partial charge is 0.325 e. The number of hydrogen-bond donors (Lipinski definition) is 2. The Labute approximate surface area is 167 Å². The van der Waals surface area contributed by atoms with Crippen LogP contribution in [0, 0.1) is 24.3 Å². The summed E-state index contributed by atoms with van der Waals surface area (Å²) in [5.74, 6) is -0.460. The van der Waals surface area contributed by atoms with Gasteiger partial charge in [-0.1, -0.05) is 23.8 Å². The van der Waals surface area contributed by atoms with E-state index < -0.39 is 0 Å². The predicted molar refractivity (Wildman–Crippen MR) is 114 cm³/mol. The molecule has 0 aliphatic heterocycles. The van der Waals surface area contributed by atoms with Crippen molar-refractivity contribution < 1.29 is 9.59 Å². The van der Waals surface area contributed by atoms with Crippen LogP contribution in [0.4, 0.5) is 5.69 Å². The Bertz CT molecular complexity index is 852. The van der Waals surface area contributed by atoms with E-state index in [-0.39, 0.29) is 18.2 Å². The zero-order valence-electron chi connectivity index (χ0n) is 15.3. The first-order chi connectivity index (χ1) is 12.3. The summed E-state index contributed by atoms with van der Waals surface area (Å²) in [5, 5.41) is 6.95. The molecule has 0 heterocycles. The van der Waals surface area contributed by atoms with E-state index in [1.54, 1.807) is 19.1 Å². The molecule has 2 N–H and O–H groups in total. The van der Waals surface area contributed by atoms with Crippen molar-refractivity contribution >= 4 is 45.8 Å². The number of nitrogens with one attached hydrogen (secondary N) is 2. The Kier molecular flexibility index (Phi) is 6.90. The molecule has 0 aliphatic carbocycles. The first-order valence-corrected chi connectivity index (χ1v) is 9.31. The van der Waals surface area contributed by atoms with Gasteiger partial charge in [0.1, 0.15) is 0 Å². The van der Waals surface area contributed by atoms with E-state index in [0.29, 0.717) is 11.3 Å². The monoisotopic (exact) mass is 463 g/mol. The van der Waals surface area contributed by atoms with Gasteiger partial charge in [0.15, 0.2) is 0 Å². The van der Waals surface area contributed by atoms with Gasteiger partial charge in [-0.15, -0.1) is 0 Å². The van der Waals surface area contributed by atoms with Crippen molar-refractivity contribution in [1.29, 1.82) is 0 Å². The molecule has 0 unspecified atom stereocenters. The standard InChI is InChI=1S/C20H22IN3O2/c1-12-8-13(2)19(14(3)9-12)22-18(25)10-15(4)23-24-20(26)16-6-5-7-17(21)11-16/h5-9,11H,10H2,1-4H3,(H,22,25)(H,24,26). The number of benzene rings is 2. The van der Waals surface area contributed by atoms with Gasteiger partial charge in [0.25, 0.3) is 5.91 Å². The van der Waals surface area contributed by atoms with Crippen molar-refractivity contribution in [2.75, 3.05) is 5.32 Å². The lowest BCUT2D eigenvalue weighted by molar-refractivity contribution is -0.115. The Morgan fingerprint density at radius 2 is 1.73 bits per heavy atom. The van der Waals surface area contributed by atoms with Gasteiger partial charge < -0.3 is 5.32 Å². The Hall–Kier alpha value is -2.22. The summed E-state index contributed by atoms with van der Waals surface area (Å²) in [6.07, 6.45) is 0.110. The van der Waals surface area contributed by atoms with Crippen LogP contribution in [0.2, 0.25) is 0 Å². The summed E-state index contributed by atoms with van der Waals surface area (Å²) >= 11 is 2.15. The van der Waals surface area contributed by atoms with Crippen molar-refractivity contribution in [1.82, 2.24) is 5.43 Å². The lowest BCUT2D eigenvalue weighted by atomic mass is 10.0. The maximum Gasteiger partial charge on any atom is 0.271 e. The molecule has 0 atom stereocenters. The van der Waals surface area contributed by atoms with Crippen LogP contribution < -0.4 is 10.7 Å². The quantitative estimate of drug-likeness (QED) is 0.393. The molecular formula is C20H22IN3O2. The van der Waals surface area contributed by atoms with Gasteiger partial charge in [-0.3, -0.25) is 9.59 Å². The number of nitrogens with zero attached hydrogens (tertiary/aromatic N) is 1. The average Bonchev–Trinajstić information content (AvgIpc) is 2.56. The summed E-state index contributed by atoms with van der Waals surface area (Å²) in [5.41, 5.74) is 7.60. The summed E-state index contributed by atoms with van der Waals surface area (Å²) < 4.78 is 0.971. The molecule has 0 bridgehead atoms. The summed E-state index contributed by atoms with van der Waals surface area (Å²) in [7, 11) is 0. The number of carbonyl (C=O) groups is 2. The van der Waals surface area contributed by atoms with E-state index in [2.05, 4.69) is 38.4 Å². The molecule has 2 rings (SSSR count). The van der Waals surface area contributed by atoms with Gasteiger partial charge in [-0.05, 0) is 79.6 Å². The molecule has 136 valence electrons. The minimum absolute atomic E-state index is 0.110. The fourth-order valence-electron chi connectivity index (χ4n) is 2.67. The number of carbonyl (C=O) groups excluding carboxylic acids is 2. The molecule has 26 heavy (non-hydrogen) atoms. The van der Waals surface area contributed by atoms with Crippen molar-refractivity contribution in [3.63, 3.8) is 0 Å². The normalized spacial score (nSPS) is 11.2. The van der Waals surface area contributed by atoms with Crippen LogP contribution in [0.3, 0.4) is 0 Å². The minimum atomic E-state index is -0.298. The number of rotatable bonds is 5. The number of anilines is 1. The van der Waals surface area contributed by atoms with E-state index in [9.17, 15) is 9.59 Å². The molecular weight excluding hydrogens is 441 g/mol. The first-order valence-electron chi connectivity index (χ1n) is 8.23. The molecule has 6 heteroatoms. The van der Waals surface area contributed by atoms with Crippen LogP contribution in [0.5, 0.6) is 0 Å². The van der Waals surface area contributed by atoms with E-state index >= 15 is 0 Å². The molecule has 0 spiro atoms. The molecule has 0 radical (unpaired) electrons.